The van der Waals surface area contributed by atoms with Gasteiger partial charge in [-0.3, -0.25) is 4.70 Å². The number of carbonyl (C=O) groups excluding carboxylic acids is 1. The maximum Gasteiger partial charge on any atom is 0.309 e. The normalized spacial score (nSPS) is 4.00. The Morgan fingerprint density at radius 2 is 1.33 bits per heavy atom. The number of carbonyl (C=O) groups is 1. The van der Waals surface area contributed by atoms with Crippen molar-refractivity contribution >= 4 is 17.0 Å². The maximum absolute atomic E-state index is 9.00. The van der Waals surface area contributed by atoms with Crippen LogP contribution in [-0.4, -0.2) is 17.0 Å². The number of hydrogen-bond acceptors (Lipinski definition) is 1. The molecule has 0 heterocycles. The molecule has 0 aromatic heterocycles. The summed E-state index contributed by atoms with van der Waals surface area (Å²) >= 11 is 0. The molecule has 0 rings (SSSR count). The van der Waals surface area contributed by atoms with Gasteiger partial charge in [-0.25, -0.2) is 4.79 Å². The Morgan fingerprint density at radius 3 is 1.33 bits per heavy atom. The van der Waals surface area contributed by atoms with Crippen LogP contribution in [0.25, 0.3) is 0 Å². The van der Waals surface area contributed by atoms with Gasteiger partial charge in [0.05, 0.1) is 0 Å². The third-order valence-corrected chi connectivity index (χ3v) is 0. The van der Waals surface area contributed by atoms with Crippen LogP contribution in [0, 0.1) is 0 Å². The summed E-state index contributed by atoms with van der Waals surface area (Å²) in [6.07, 6.45) is 0. The molecular weight excluding hydrogens is 103 g/mol. The first-order chi connectivity index (χ1) is 1.73. The molecule has 0 saturated heterocycles. The van der Waals surface area contributed by atoms with Crippen molar-refractivity contribution < 1.29 is 9.50 Å². The van der Waals surface area contributed by atoms with E-state index in [2.05, 4.69) is 11.5 Å². The molecule has 0 radical (unpaired) electrons. The van der Waals surface area contributed by atoms with Crippen LogP contribution in [0.3, 0.4) is 0 Å². The molecule has 0 aromatic rings. The van der Waals surface area contributed by atoms with Gasteiger partial charge < -0.3 is 11.5 Å². The van der Waals surface area contributed by atoms with E-state index < -0.39 is 6.03 Å². The van der Waals surface area contributed by atoms with Crippen LogP contribution in [0.15, 0.2) is 0 Å². The second kappa shape index (κ2) is 8.83. The van der Waals surface area contributed by atoms with Gasteiger partial charge >= 0.3 is 6.03 Å². The average molecular weight is 112 g/mol. The lowest BCUT2D eigenvalue weighted by Crippen LogP contribution is -2.18. The number of primary amides is 2. The van der Waals surface area contributed by atoms with Gasteiger partial charge in [-0.2, -0.15) is 0 Å². The predicted octanol–water partition coefficient (Wildman–Crippen LogP) is -2.28. The van der Waals surface area contributed by atoms with Crippen LogP contribution in [-0.2, 0) is 0 Å². The van der Waals surface area contributed by atoms with Gasteiger partial charge in [-0.1, -0.05) is 0 Å². The summed E-state index contributed by atoms with van der Waals surface area (Å²) in [4.78, 5) is 9.00. The highest BCUT2D eigenvalue weighted by Crippen LogP contribution is 1.25. The molecule has 4 N–H and O–H groups in total. The van der Waals surface area contributed by atoms with Gasteiger partial charge in [0.2, 0.25) is 0 Å². The quantitative estimate of drug-likeness (QED) is 0.341. The minimum Gasteiger partial charge on any atom is -0.352 e. The fourth-order valence-electron chi connectivity index (χ4n) is 0. The lowest BCUT2D eigenvalue weighted by molar-refractivity contribution is 0.256. The molecular formula is CH9FN2OSi. The Hall–Kier alpha value is -0.583. The van der Waals surface area contributed by atoms with E-state index in [4.69, 9.17) is 4.79 Å². The van der Waals surface area contributed by atoms with E-state index in [1.54, 1.807) is 0 Å². The number of halogens is 1. The van der Waals surface area contributed by atoms with Crippen molar-refractivity contribution in [2.45, 2.75) is 0 Å². The van der Waals surface area contributed by atoms with Crippen molar-refractivity contribution in [3.05, 3.63) is 0 Å². The summed E-state index contributed by atoms with van der Waals surface area (Å²) in [5, 5.41) is 0. The molecule has 3 nitrogen and oxygen atoms in total. The summed E-state index contributed by atoms with van der Waals surface area (Å²) in [5.41, 5.74) is 8.50. The smallest absolute Gasteiger partial charge is 0.309 e. The monoisotopic (exact) mass is 112 g/mol. The molecule has 0 aliphatic rings. The topological polar surface area (TPSA) is 69.1 Å². The molecule has 0 atom stereocenters. The van der Waals surface area contributed by atoms with Crippen molar-refractivity contribution in [1.82, 2.24) is 0 Å². The third kappa shape index (κ3) is 58.7. The number of rotatable bonds is 0. The maximum atomic E-state index is 9.00. The predicted molar refractivity (Wildman–Crippen MR) is 27.6 cm³/mol. The molecule has 2 amide bonds. The average Bonchev–Trinajstić information content (AvgIpc) is 0.811. The van der Waals surface area contributed by atoms with Crippen molar-refractivity contribution in [2.75, 3.05) is 0 Å². The molecule has 0 aromatic carbocycles. The van der Waals surface area contributed by atoms with Crippen molar-refractivity contribution in [3.63, 3.8) is 0 Å². The SMILES string of the molecule is F.NC(N)=O.[SiH4]. The van der Waals surface area contributed by atoms with Crippen LogP contribution < -0.4 is 11.5 Å². The Labute approximate surface area is 39.1 Å². The molecule has 40 valence electrons. The summed E-state index contributed by atoms with van der Waals surface area (Å²) in [6.45, 7) is 0. The van der Waals surface area contributed by atoms with Crippen LogP contribution >= 0.6 is 0 Å². The van der Waals surface area contributed by atoms with Crippen molar-refractivity contribution in [2.24, 2.45) is 11.5 Å². The van der Waals surface area contributed by atoms with Gasteiger partial charge in [0.15, 0.2) is 0 Å². The van der Waals surface area contributed by atoms with E-state index in [0.717, 1.165) is 0 Å². The summed E-state index contributed by atoms with van der Waals surface area (Å²) in [7, 11) is 0. The van der Waals surface area contributed by atoms with Crippen LogP contribution in [0.2, 0.25) is 0 Å². The molecule has 6 heavy (non-hydrogen) atoms. The second-order valence-electron chi connectivity index (χ2n) is 0.402. The summed E-state index contributed by atoms with van der Waals surface area (Å²) in [6, 6.07) is -0.833. The van der Waals surface area contributed by atoms with Crippen molar-refractivity contribution in [1.29, 1.82) is 0 Å². The Morgan fingerprint density at radius 1 is 1.33 bits per heavy atom. The van der Waals surface area contributed by atoms with Gasteiger partial charge in [-0.05, 0) is 11.0 Å². The number of nitrogens with two attached hydrogens (primary N) is 2. The Kier molecular flexibility index (Phi) is 26.6. The third-order valence-electron chi connectivity index (χ3n) is 0. The lowest BCUT2D eigenvalue weighted by Gasteiger charge is -1.62. The minimum atomic E-state index is -0.833. The van der Waals surface area contributed by atoms with E-state index in [1.165, 1.54) is 0 Å². The molecule has 0 spiro atoms. The highest BCUT2D eigenvalue weighted by molar-refractivity contribution is 5.75. The molecule has 0 saturated carbocycles. The molecule has 0 aliphatic carbocycles. The van der Waals surface area contributed by atoms with Crippen molar-refractivity contribution in [3.8, 4) is 0 Å². The van der Waals surface area contributed by atoms with Gasteiger partial charge in [0.25, 0.3) is 0 Å². The van der Waals surface area contributed by atoms with E-state index in [1.807, 2.05) is 0 Å². The molecule has 5 heteroatoms. The van der Waals surface area contributed by atoms with E-state index in [9.17, 15) is 0 Å². The minimum absolute atomic E-state index is 0. The number of urea groups is 1. The second-order valence-corrected chi connectivity index (χ2v) is 0.402. The standard InChI is InChI=1S/CH4N2O.FH.H4Si/c2-1(3)4;;/h(H4,2,3,4);1H;1H4. The fraction of sp³-hybridized carbons (Fsp3) is 0. The summed E-state index contributed by atoms with van der Waals surface area (Å²) in [5.74, 6) is 0. The van der Waals surface area contributed by atoms with E-state index in [0.29, 0.717) is 0 Å². The fourth-order valence-corrected chi connectivity index (χ4v) is 0. The highest BCUT2D eigenvalue weighted by Gasteiger charge is 1.60. The first-order valence-electron chi connectivity index (χ1n) is 0.781. The first kappa shape index (κ1) is 18.1. The van der Waals surface area contributed by atoms with Gasteiger partial charge in [-0.15, -0.1) is 0 Å². The number of amides is 2. The zero-order valence-electron chi connectivity index (χ0n) is 2.47. The first-order valence-corrected chi connectivity index (χ1v) is 0.781. The lowest BCUT2D eigenvalue weighted by atomic mass is 11.2. The van der Waals surface area contributed by atoms with E-state index in [-0.39, 0.29) is 15.7 Å². The molecule has 0 bridgehead atoms. The van der Waals surface area contributed by atoms with Gasteiger partial charge in [0, 0.05) is 0 Å². The van der Waals surface area contributed by atoms with Crippen LogP contribution in [0.5, 0.6) is 0 Å². The van der Waals surface area contributed by atoms with E-state index >= 15 is 0 Å². The molecule has 0 fully saturated rings. The highest BCUT2D eigenvalue weighted by atomic mass is 28.1. The molecule has 0 unspecified atom stereocenters. The summed E-state index contributed by atoms with van der Waals surface area (Å²) < 4.78 is 0. The largest absolute Gasteiger partial charge is 0.352 e. The number of hydrogen-bond donors (Lipinski definition) is 2. The zero-order valence-corrected chi connectivity index (χ0v) is 2.47. The van der Waals surface area contributed by atoms with Crippen LogP contribution in [0.1, 0.15) is 0 Å². The molecule has 0 aliphatic heterocycles. The van der Waals surface area contributed by atoms with Crippen LogP contribution in [0.4, 0.5) is 9.50 Å². The zero-order chi connectivity index (χ0) is 3.58. The Balaban J connectivity index is -0.0000000450. The Bertz CT molecular complexity index is 36.5. The van der Waals surface area contributed by atoms with Gasteiger partial charge in [0.1, 0.15) is 0 Å².